The molecule has 1 aromatic carbocycles. The van der Waals surface area contributed by atoms with Gasteiger partial charge in [-0.3, -0.25) is 4.90 Å². The molecule has 2 rings (SSSR count). The summed E-state index contributed by atoms with van der Waals surface area (Å²) in [6, 6.07) is 8.10. The molecular formula is C15H23NO2. The molecule has 1 aliphatic carbocycles. The summed E-state index contributed by atoms with van der Waals surface area (Å²) in [6.07, 6.45) is 4.19. The predicted octanol–water partition coefficient (Wildman–Crippen LogP) is 2.43. The van der Waals surface area contributed by atoms with Crippen molar-refractivity contribution in [1.29, 1.82) is 0 Å². The summed E-state index contributed by atoms with van der Waals surface area (Å²) >= 11 is 0. The van der Waals surface area contributed by atoms with Crippen molar-refractivity contribution in [3.8, 4) is 5.75 Å². The molecule has 0 saturated heterocycles. The van der Waals surface area contributed by atoms with Gasteiger partial charge in [-0.1, -0.05) is 25.0 Å². The normalized spacial score (nSPS) is 18.2. The van der Waals surface area contributed by atoms with Gasteiger partial charge in [0.25, 0.3) is 0 Å². The first-order chi connectivity index (χ1) is 8.61. The molecule has 3 heteroatoms. The van der Waals surface area contributed by atoms with Gasteiger partial charge >= 0.3 is 0 Å². The van der Waals surface area contributed by atoms with Crippen LogP contribution >= 0.6 is 0 Å². The third-order valence-corrected chi connectivity index (χ3v) is 3.69. The predicted molar refractivity (Wildman–Crippen MR) is 72.7 cm³/mol. The van der Waals surface area contributed by atoms with Crippen molar-refractivity contribution in [3.63, 3.8) is 0 Å². The average molecular weight is 249 g/mol. The summed E-state index contributed by atoms with van der Waals surface area (Å²) in [7, 11) is 3.75. The van der Waals surface area contributed by atoms with E-state index >= 15 is 0 Å². The van der Waals surface area contributed by atoms with E-state index < -0.39 is 5.60 Å². The summed E-state index contributed by atoms with van der Waals surface area (Å²) < 4.78 is 5.22. The van der Waals surface area contributed by atoms with E-state index in [4.69, 9.17) is 4.74 Å². The Labute approximate surface area is 109 Å². The minimum Gasteiger partial charge on any atom is -0.497 e. The summed E-state index contributed by atoms with van der Waals surface area (Å²) in [5.41, 5.74) is 0.756. The smallest absolute Gasteiger partial charge is 0.119 e. The van der Waals surface area contributed by atoms with E-state index in [2.05, 4.69) is 24.1 Å². The van der Waals surface area contributed by atoms with Crippen LogP contribution in [0.4, 0.5) is 0 Å². The van der Waals surface area contributed by atoms with Gasteiger partial charge in [0.05, 0.1) is 12.7 Å². The lowest BCUT2D eigenvalue weighted by molar-refractivity contribution is 0.0145. The lowest BCUT2D eigenvalue weighted by atomic mass is 10.0. The minimum atomic E-state index is -0.465. The van der Waals surface area contributed by atoms with Gasteiger partial charge in [-0.25, -0.2) is 0 Å². The quantitative estimate of drug-likeness (QED) is 0.870. The Bertz CT molecular complexity index is 386. The summed E-state index contributed by atoms with van der Waals surface area (Å²) in [5.74, 6) is 0.889. The Hall–Kier alpha value is -1.06. The van der Waals surface area contributed by atoms with Crippen molar-refractivity contribution in [2.45, 2.75) is 37.8 Å². The molecule has 100 valence electrons. The van der Waals surface area contributed by atoms with E-state index in [1.54, 1.807) is 7.11 Å². The fourth-order valence-corrected chi connectivity index (χ4v) is 2.83. The lowest BCUT2D eigenvalue weighted by Gasteiger charge is -2.28. The van der Waals surface area contributed by atoms with Crippen molar-refractivity contribution < 1.29 is 9.84 Å². The average Bonchev–Trinajstić information content (AvgIpc) is 2.75. The van der Waals surface area contributed by atoms with Gasteiger partial charge < -0.3 is 9.84 Å². The third kappa shape index (κ3) is 3.47. The maximum atomic E-state index is 10.4. The van der Waals surface area contributed by atoms with Gasteiger partial charge in [0.2, 0.25) is 0 Å². The second-order valence-corrected chi connectivity index (χ2v) is 5.46. The number of rotatable bonds is 5. The standard InChI is InChI=1S/C15H23NO2/c1-16(12-15(17)8-3-4-9-15)11-13-6-5-7-14(10-13)18-2/h5-7,10,17H,3-4,8-9,11-12H2,1-2H3. The van der Waals surface area contributed by atoms with E-state index in [-0.39, 0.29) is 0 Å². The zero-order chi connectivity index (χ0) is 13.0. The number of ether oxygens (including phenoxy) is 1. The van der Waals surface area contributed by atoms with Crippen LogP contribution in [0.2, 0.25) is 0 Å². The third-order valence-electron chi connectivity index (χ3n) is 3.69. The zero-order valence-electron chi connectivity index (χ0n) is 11.4. The van der Waals surface area contributed by atoms with E-state index in [0.717, 1.165) is 44.5 Å². The lowest BCUT2D eigenvalue weighted by Crippen LogP contribution is -2.38. The topological polar surface area (TPSA) is 32.7 Å². The molecule has 1 aliphatic rings. The Morgan fingerprint density at radius 3 is 2.72 bits per heavy atom. The molecule has 1 N–H and O–H groups in total. The van der Waals surface area contributed by atoms with Crippen LogP contribution in [0.15, 0.2) is 24.3 Å². The highest BCUT2D eigenvalue weighted by molar-refractivity contribution is 5.28. The summed E-state index contributed by atoms with van der Waals surface area (Å²) in [6.45, 7) is 1.60. The fourth-order valence-electron chi connectivity index (χ4n) is 2.83. The highest BCUT2D eigenvalue weighted by atomic mass is 16.5. The molecule has 0 heterocycles. The summed E-state index contributed by atoms with van der Waals surface area (Å²) in [4.78, 5) is 2.19. The highest BCUT2D eigenvalue weighted by Crippen LogP contribution is 2.30. The van der Waals surface area contributed by atoms with Gasteiger partial charge in [0, 0.05) is 13.1 Å². The maximum Gasteiger partial charge on any atom is 0.119 e. The first kappa shape index (κ1) is 13.4. The van der Waals surface area contributed by atoms with Gasteiger partial charge in [0.1, 0.15) is 5.75 Å². The van der Waals surface area contributed by atoms with Gasteiger partial charge in [-0.2, -0.15) is 0 Å². The van der Waals surface area contributed by atoms with Crippen LogP contribution in [0.1, 0.15) is 31.2 Å². The molecule has 1 fully saturated rings. The number of aliphatic hydroxyl groups is 1. The van der Waals surface area contributed by atoms with Crippen molar-refractivity contribution in [1.82, 2.24) is 4.90 Å². The fraction of sp³-hybridized carbons (Fsp3) is 0.600. The zero-order valence-corrected chi connectivity index (χ0v) is 11.4. The van der Waals surface area contributed by atoms with Crippen LogP contribution in [0.5, 0.6) is 5.75 Å². The molecule has 0 aromatic heterocycles. The first-order valence-corrected chi connectivity index (χ1v) is 6.65. The molecule has 0 unspecified atom stereocenters. The SMILES string of the molecule is COc1cccc(CN(C)CC2(O)CCCC2)c1. The molecule has 0 amide bonds. The second-order valence-electron chi connectivity index (χ2n) is 5.46. The van der Waals surface area contributed by atoms with Crippen LogP contribution in [0.25, 0.3) is 0 Å². The van der Waals surface area contributed by atoms with E-state index in [0.29, 0.717) is 0 Å². The highest BCUT2D eigenvalue weighted by Gasteiger charge is 2.31. The van der Waals surface area contributed by atoms with Crippen LogP contribution < -0.4 is 4.74 Å². The van der Waals surface area contributed by atoms with Crippen molar-refractivity contribution >= 4 is 0 Å². The number of benzene rings is 1. The number of likely N-dealkylation sites (N-methyl/N-ethyl adjacent to an activating group) is 1. The van der Waals surface area contributed by atoms with Crippen LogP contribution in [-0.4, -0.2) is 36.3 Å². The van der Waals surface area contributed by atoms with Gasteiger partial charge in [-0.15, -0.1) is 0 Å². The Balaban J connectivity index is 1.91. The van der Waals surface area contributed by atoms with Crippen LogP contribution in [-0.2, 0) is 6.54 Å². The van der Waals surface area contributed by atoms with Gasteiger partial charge in [0.15, 0.2) is 0 Å². The van der Waals surface area contributed by atoms with E-state index in [1.807, 2.05) is 12.1 Å². The molecule has 0 aliphatic heterocycles. The number of nitrogens with zero attached hydrogens (tertiary/aromatic N) is 1. The van der Waals surface area contributed by atoms with Crippen LogP contribution in [0.3, 0.4) is 0 Å². The molecule has 0 bridgehead atoms. The molecule has 0 atom stereocenters. The van der Waals surface area contributed by atoms with E-state index in [1.165, 1.54) is 5.56 Å². The molecule has 1 aromatic rings. The van der Waals surface area contributed by atoms with E-state index in [9.17, 15) is 5.11 Å². The molecule has 1 saturated carbocycles. The maximum absolute atomic E-state index is 10.4. The molecule has 3 nitrogen and oxygen atoms in total. The molecule has 18 heavy (non-hydrogen) atoms. The molecular weight excluding hydrogens is 226 g/mol. The monoisotopic (exact) mass is 249 g/mol. The van der Waals surface area contributed by atoms with Crippen molar-refractivity contribution in [2.75, 3.05) is 20.7 Å². The van der Waals surface area contributed by atoms with Gasteiger partial charge in [-0.05, 0) is 37.6 Å². The number of hydrogen-bond acceptors (Lipinski definition) is 3. The number of hydrogen-bond donors (Lipinski definition) is 1. The second kappa shape index (κ2) is 5.72. The minimum absolute atomic E-state index is 0.465. The Morgan fingerprint density at radius 2 is 2.06 bits per heavy atom. The molecule has 0 spiro atoms. The van der Waals surface area contributed by atoms with Crippen molar-refractivity contribution in [3.05, 3.63) is 29.8 Å². The largest absolute Gasteiger partial charge is 0.497 e. The van der Waals surface area contributed by atoms with Crippen molar-refractivity contribution in [2.24, 2.45) is 0 Å². The Morgan fingerprint density at radius 1 is 1.33 bits per heavy atom. The van der Waals surface area contributed by atoms with Crippen LogP contribution in [0, 0.1) is 0 Å². The first-order valence-electron chi connectivity index (χ1n) is 6.65. The Kier molecular flexibility index (Phi) is 4.25. The molecule has 0 radical (unpaired) electrons. The summed E-state index contributed by atoms with van der Waals surface area (Å²) in [5, 5.41) is 10.4. The number of methoxy groups -OCH3 is 1.